The molecule has 0 aliphatic heterocycles. The summed E-state index contributed by atoms with van der Waals surface area (Å²) in [6.07, 6.45) is 0. The highest BCUT2D eigenvalue weighted by Crippen LogP contribution is 2.39. The summed E-state index contributed by atoms with van der Waals surface area (Å²) in [5.74, 6) is -0.189. The third kappa shape index (κ3) is 5.15. The van der Waals surface area contributed by atoms with Gasteiger partial charge in [-0.05, 0) is 48.5 Å². The number of benzene rings is 1. The zero-order valence-corrected chi connectivity index (χ0v) is 19.4. The molecular formula is C21H28ClF2NO3Si. The summed E-state index contributed by atoms with van der Waals surface area (Å²) in [7, 11) is -0.777. The van der Waals surface area contributed by atoms with Crippen molar-refractivity contribution >= 4 is 19.9 Å². The summed E-state index contributed by atoms with van der Waals surface area (Å²) >= 11 is 5.89. The molecule has 0 aliphatic rings. The first kappa shape index (κ1) is 23.7. The number of hydrogen-bond acceptors (Lipinski definition) is 4. The summed E-state index contributed by atoms with van der Waals surface area (Å²) in [5.41, 5.74) is -1.41. The number of ether oxygens (including phenoxy) is 1. The van der Waals surface area contributed by atoms with Crippen LogP contribution in [0.1, 0.15) is 26.5 Å². The van der Waals surface area contributed by atoms with Crippen LogP contribution in [0.3, 0.4) is 0 Å². The Balaban J connectivity index is 2.45. The molecule has 160 valence electrons. The van der Waals surface area contributed by atoms with E-state index >= 15 is 4.39 Å². The van der Waals surface area contributed by atoms with Crippen LogP contribution in [0.4, 0.5) is 8.78 Å². The lowest BCUT2D eigenvalue weighted by Crippen LogP contribution is -2.45. The lowest BCUT2D eigenvalue weighted by Gasteiger charge is -2.38. The lowest BCUT2D eigenvalue weighted by atomic mass is 10.0. The number of nitrogens with zero attached hydrogens (tertiary/aromatic N) is 1. The number of rotatable bonds is 7. The maximum absolute atomic E-state index is 15.7. The van der Waals surface area contributed by atoms with Crippen LogP contribution in [0.5, 0.6) is 5.75 Å². The van der Waals surface area contributed by atoms with E-state index in [9.17, 15) is 9.50 Å². The number of methoxy groups -OCH3 is 1. The number of alkyl halides is 1. The first-order valence-electron chi connectivity index (χ1n) is 9.29. The van der Waals surface area contributed by atoms with Crippen molar-refractivity contribution in [2.75, 3.05) is 20.3 Å². The van der Waals surface area contributed by atoms with Crippen molar-refractivity contribution in [2.45, 2.75) is 44.6 Å². The second kappa shape index (κ2) is 8.68. The minimum absolute atomic E-state index is 0.00922. The van der Waals surface area contributed by atoms with E-state index in [0.717, 1.165) is 0 Å². The van der Waals surface area contributed by atoms with Crippen LogP contribution in [0, 0.1) is 5.82 Å². The Labute approximate surface area is 177 Å². The van der Waals surface area contributed by atoms with Gasteiger partial charge in [-0.2, -0.15) is 0 Å². The van der Waals surface area contributed by atoms with E-state index in [1.54, 1.807) is 6.07 Å². The Morgan fingerprint density at radius 3 is 2.34 bits per heavy atom. The largest absolute Gasteiger partial charge is 0.494 e. The van der Waals surface area contributed by atoms with E-state index in [4.69, 9.17) is 20.8 Å². The van der Waals surface area contributed by atoms with Crippen LogP contribution in [-0.2, 0) is 10.1 Å². The van der Waals surface area contributed by atoms with Gasteiger partial charge in [0.1, 0.15) is 17.3 Å². The lowest BCUT2D eigenvalue weighted by molar-refractivity contribution is 0.0141. The molecule has 1 heterocycles. The van der Waals surface area contributed by atoms with Gasteiger partial charge in [0.25, 0.3) is 0 Å². The first-order valence-corrected chi connectivity index (χ1v) is 12.6. The maximum Gasteiger partial charge on any atom is 0.197 e. The van der Waals surface area contributed by atoms with Gasteiger partial charge in [0.2, 0.25) is 0 Å². The van der Waals surface area contributed by atoms with E-state index in [-0.39, 0.29) is 22.4 Å². The molecule has 0 fully saturated rings. The van der Waals surface area contributed by atoms with Gasteiger partial charge in [0.15, 0.2) is 14.0 Å². The highest BCUT2D eigenvalue weighted by Gasteiger charge is 2.42. The van der Waals surface area contributed by atoms with E-state index in [1.165, 1.54) is 31.4 Å². The van der Waals surface area contributed by atoms with Crippen molar-refractivity contribution in [3.05, 3.63) is 46.9 Å². The number of halogens is 3. The number of hydrogen-bond donors (Lipinski definition) is 1. The Morgan fingerprint density at radius 1 is 1.17 bits per heavy atom. The third-order valence-corrected chi connectivity index (χ3v) is 10.2. The fraction of sp³-hybridized carbons (Fsp3) is 0.476. The quantitative estimate of drug-likeness (QED) is 0.555. The zero-order chi connectivity index (χ0) is 22.0. The van der Waals surface area contributed by atoms with Gasteiger partial charge < -0.3 is 14.3 Å². The molecule has 0 amide bonds. The SMILES string of the molecule is COc1ccc(C(F)(CO)CO[Si](C)(C)C(C)(C)C)nc1-c1ccc(F)c(Cl)c1. The summed E-state index contributed by atoms with van der Waals surface area (Å²) in [4.78, 5) is 4.38. The number of aliphatic hydroxyl groups is 1. The van der Waals surface area contributed by atoms with Gasteiger partial charge in [-0.1, -0.05) is 32.4 Å². The minimum atomic E-state index is -2.24. The molecule has 4 nitrogen and oxygen atoms in total. The molecule has 2 rings (SSSR count). The van der Waals surface area contributed by atoms with Gasteiger partial charge in [-0.3, -0.25) is 0 Å². The smallest absolute Gasteiger partial charge is 0.197 e. The average Bonchev–Trinajstić information content (AvgIpc) is 2.67. The van der Waals surface area contributed by atoms with Crippen molar-refractivity contribution in [1.82, 2.24) is 4.98 Å². The van der Waals surface area contributed by atoms with E-state index in [2.05, 4.69) is 25.8 Å². The molecule has 0 spiro atoms. The van der Waals surface area contributed by atoms with Gasteiger partial charge >= 0.3 is 0 Å². The second-order valence-electron chi connectivity index (χ2n) is 8.55. The van der Waals surface area contributed by atoms with E-state index in [0.29, 0.717) is 17.0 Å². The van der Waals surface area contributed by atoms with Crippen molar-refractivity contribution in [3.8, 4) is 17.0 Å². The molecule has 8 heteroatoms. The van der Waals surface area contributed by atoms with Crippen LogP contribution in [0.25, 0.3) is 11.3 Å². The Morgan fingerprint density at radius 2 is 1.83 bits per heavy atom. The van der Waals surface area contributed by atoms with E-state index in [1.807, 2.05) is 13.1 Å². The van der Waals surface area contributed by atoms with Crippen molar-refractivity contribution in [3.63, 3.8) is 0 Å². The summed E-state index contributed by atoms with van der Waals surface area (Å²) in [6.45, 7) is 9.09. The highest BCUT2D eigenvalue weighted by atomic mass is 35.5. The van der Waals surface area contributed by atoms with Crippen LogP contribution < -0.4 is 4.74 Å². The predicted molar refractivity (Wildman–Crippen MR) is 114 cm³/mol. The molecule has 29 heavy (non-hydrogen) atoms. The second-order valence-corrected chi connectivity index (χ2v) is 13.8. The molecule has 1 aromatic carbocycles. The fourth-order valence-corrected chi connectivity index (χ4v) is 3.63. The first-order chi connectivity index (χ1) is 13.3. The number of pyridine rings is 1. The molecule has 0 saturated heterocycles. The summed E-state index contributed by atoms with van der Waals surface area (Å²) < 4.78 is 40.6. The molecule has 1 unspecified atom stereocenters. The molecule has 2 aromatic rings. The van der Waals surface area contributed by atoms with Crippen LogP contribution >= 0.6 is 11.6 Å². The predicted octanol–water partition coefficient (Wildman–Crippen LogP) is 5.73. The van der Waals surface area contributed by atoms with Gasteiger partial charge in [0.05, 0.1) is 31.0 Å². The molecule has 0 saturated carbocycles. The molecule has 0 bridgehead atoms. The van der Waals surface area contributed by atoms with Crippen LogP contribution in [0.15, 0.2) is 30.3 Å². The fourth-order valence-electron chi connectivity index (χ4n) is 2.42. The van der Waals surface area contributed by atoms with Crippen LogP contribution in [-0.4, -0.2) is 38.7 Å². The normalized spacial score (nSPS) is 14.6. The summed E-state index contributed by atoms with van der Waals surface area (Å²) in [5, 5.41) is 9.64. The Bertz CT molecular complexity index is 873. The zero-order valence-electron chi connectivity index (χ0n) is 17.6. The topological polar surface area (TPSA) is 51.6 Å². The minimum Gasteiger partial charge on any atom is -0.494 e. The molecule has 0 radical (unpaired) electrons. The Hall–Kier alpha value is -1.54. The number of aliphatic hydroxyl groups excluding tert-OH is 1. The standard InChI is InChI=1S/C21H28ClF2NO3Si/c1-20(2,3)29(5,6)28-13-21(24,12-26)18-10-9-17(27-4)19(25-18)14-7-8-16(23)15(22)11-14/h7-11,26H,12-13H2,1-6H3. The maximum atomic E-state index is 15.7. The van der Waals surface area contributed by atoms with E-state index < -0.39 is 26.4 Å². The Kier molecular flexibility index (Phi) is 7.10. The van der Waals surface area contributed by atoms with Crippen LogP contribution in [0.2, 0.25) is 23.2 Å². The average molecular weight is 444 g/mol. The summed E-state index contributed by atoms with van der Waals surface area (Å²) in [6, 6.07) is 7.11. The molecule has 0 aliphatic carbocycles. The van der Waals surface area contributed by atoms with Gasteiger partial charge in [0, 0.05) is 5.56 Å². The number of aromatic nitrogens is 1. The molecular weight excluding hydrogens is 416 g/mol. The van der Waals surface area contributed by atoms with Gasteiger partial charge in [-0.25, -0.2) is 13.8 Å². The third-order valence-electron chi connectivity index (χ3n) is 5.45. The van der Waals surface area contributed by atoms with Crippen molar-refractivity contribution in [1.29, 1.82) is 0 Å². The highest BCUT2D eigenvalue weighted by molar-refractivity contribution is 6.74. The van der Waals surface area contributed by atoms with Crippen molar-refractivity contribution in [2.24, 2.45) is 0 Å². The molecule has 1 atom stereocenters. The monoisotopic (exact) mass is 443 g/mol. The molecule has 1 aromatic heterocycles. The van der Waals surface area contributed by atoms with Gasteiger partial charge in [-0.15, -0.1) is 0 Å². The van der Waals surface area contributed by atoms with Crippen molar-refractivity contribution < 1.29 is 23.1 Å². The molecule has 1 N–H and O–H groups in total.